The number of hydrogen-bond donors (Lipinski definition) is 0. The molecule has 2 aromatic rings. The van der Waals surface area contributed by atoms with E-state index in [0.717, 1.165) is 51.0 Å². The molecule has 0 N–H and O–H groups in total. The highest BCUT2D eigenvalue weighted by atomic mass is 16.5. The lowest BCUT2D eigenvalue weighted by Gasteiger charge is -2.36. The lowest BCUT2D eigenvalue weighted by molar-refractivity contribution is 0.0858. The van der Waals surface area contributed by atoms with Crippen molar-refractivity contribution in [2.24, 2.45) is 0 Å². The third-order valence-electron chi connectivity index (χ3n) is 4.82. The van der Waals surface area contributed by atoms with Gasteiger partial charge in [-0.2, -0.15) is 10.1 Å². The summed E-state index contributed by atoms with van der Waals surface area (Å²) in [5.74, 6) is 2.22. The summed E-state index contributed by atoms with van der Waals surface area (Å²) in [6.45, 7) is 8.24. The van der Waals surface area contributed by atoms with Crippen molar-refractivity contribution in [3.05, 3.63) is 24.4 Å². The minimum atomic E-state index is 0.201. The van der Waals surface area contributed by atoms with Gasteiger partial charge in [0.2, 0.25) is 5.89 Å². The van der Waals surface area contributed by atoms with E-state index in [1.54, 1.807) is 12.7 Å². The van der Waals surface area contributed by atoms with Crippen LogP contribution in [0, 0.1) is 0 Å². The first-order valence-electron chi connectivity index (χ1n) is 8.42. The molecule has 0 aromatic carbocycles. The van der Waals surface area contributed by atoms with Gasteiger partial charge in [0.25, 0.3) is 0 Å². The van der Waals surface area contributed by atoms with Gasteiger partial charge in [0, 0.05) is 38.6 Å². The maximum Gasteiger partial charge on any atom is 0.243 e. The summed E-state index contributed by atoms with van der Waals surface area (Å²) in [6.07, 6.45) is 5.76. The summed E-state index contributed by atoms with van der Waals surface area (Å²) < 4.78 is 7.35. The molecule has 0 unspecified atom stereocenters. The molecule has 2 aromatic heterocycles. The van der Waals surface area contributed by atoms with Crippen molar-refractivity contribution in [1.82, 2.24) is 34.7 Å². The van der Waals surface area contributed by atoms with Crippen LogP contribution in [0.4, 0.5) is 0 Å². The number of hydrogen-bond acceptors (Lipinski definition) is 7. The highest BCUT2D eigenvalue weighted by Gasteiger charge is 2.31. The largest absolute Gasteiger partial charge is 0.338 e. The normalized spacial score (nSPS) is 21.6. The Kier molecular flexibility index (Phi) is 4.09. The van der Waals surface area contributed by atoms with Gasteiger partial charge in [-0.3, -0.25) is 14.5 Å². The molecule has 2 fully saturated rings. The summed E-state index contributed by atoms with van der Waals surface area (Å²) in [6, 6.07) is 0.201. The van der Waals surface area contributed by atoms with Crippen LogP contribution < -0.4 is 0 Å². The van der Waals surface area contributed by atoms with Crippen molar-refractivity contribution in [1.29, 1.82) is 0 Å². The van der Waals surface area contributed by atoms with E-state index in [0.29, 0.717) is 5.92 Å². The van der Waals surface area contributed by atoms with E-state index in [9.17, 15) is 0 Å². The van der Waals surface area contributed by atoms with Crippen molar-refractivity contribution in [2.45, 2.75) is 38.3 Å². The minimum absolute atomic E-state index is 0.201. The van der Waals surface area contributed by atoms with Crippen molar-refractivity contribution < 1.29 is 4.52 Å². The van der Waals surface area contributed by atoms with Crippen molar-refractivity contribution in [3.63, 3.8) is 0 Å². The van der Waals surface area contributed by atoms with E-state index >= 15 is 0 Å². The third kappa shape index (κ3) is 3.42. The Hall–Kier alpha value is -1.80. The van der Waals surface area contributed by atoms with Gasteiger partial charge in [0.05, 0.1) is 12.6 Å². The minimum Gasteiger partial charge on any atom is -0.338 e. The predicted octanol–water partition coefficient (Wildman–Crippen LogP) is 0.917. The zero-order chi connectivity index (χ0) is 15.6. The molecule has 4 rings (SSSR count). The van der Waals surface area contributed by atoms with E-state index < -0.39 is 0 Å². The zero-order valence-electron chi connectivity index (χ0n) is 13.5. The average molecular weight is 317 g/mol. The molecular formula is C15H23N7O. The highest BCUT2D eigenvalue weighted by molar-refractivity contribution is 5.04. The molecule has 1 saturated heterocycles. The Bertz CT molecular complexity index is 614. The van der Waals surface area contributed by atoms with Crippen LogP contribution in [0.3, 0.4) is 0 Å². The first kappa shape index (κ1) is 14.8. The molecule has 124 valence electrons. The molecule has 0 bridgehead atoms. The summed E-state index contributed by atoms with van der Waals surface area (Å²) in [4.78, 5) is 13.5. The van der Waals surface area contributed by atoms with Crippen LogP contribution in [-0.2, 0) is 6.54 Å². The maximum atomic E-state index is 5.47. The third-order valence-corrected chi connectivity index (χ3v) is 4.82. The standard InChI is InChI=1S/C15H23N7O/c1-12(15-18-14(19-23-15)13-2-3-13)21-7-4-20(5-8-21)6-9-22-11-16-10-17-22/h10-13H,2-9H2,1H3/t12-/m1/s1. The second-order valence-electron chi connectivity index (χ2n) is 6.48. The molecule has 0 spiro atoms. The molecule has 1 atom stereocenters. The molecule has 1 aliphatic carbocycles. The second kappa shape index (κ2) is 6.37. The van der Waals surface area contributed by atoms with Crippen molar-refractivity contribution in [3.8, 4) is 0 Å². The van der Waals surface area contributed by atoms with Crippen LogP contribution in [0.5, 0.6) is 0 Å². The summed E-state index contributed by atoms with van der Waals surface area (Å²) >= 11 is 0. The van der Waals surface area contributed by atoms with E-state index in [1.807, 2.05) is 4.68 Å². The molecule has 8 heteroatoms. The van der Waals surface area contributed by atoms with Gasteiger partial charge in [0.15, 0.2) is 5.82 Å². The van der Waals surface area contributed by atoms with Crippen LogP contribution in [0.25, 0.3) is 0 Å². The molecular weight excluding hydrogens is 294 g/mol. The Balaban J connectivity index is 1.26. The topological polar surface area (TPSA) is 76.1 Å². The van der Waals surface area contributed by atoms with Gasteiger partial charge in [-0.1, -0.05) is 5.16 Å². The van der Waals surface area contributed by atoms with E-state index in [2.05, 4.69) is 36.9 Å². The Morgan fingerprint density at radius 3 is 2.74 bits per heavy atom. The van der Waals surface area contributed by atoms with Crippen LogP contribution in [-0.4, -0.2) is 67.4 Å². The summed E-state index contributed by atoms with van der Waals surface area (Å²) in [5.41, 5.74) is 0. The van der Waals surface area contributed by atoms with Gasteiger partial charge >= 0.3 is 0 Å². The molecule has 8 nitrogen and oxygen atoms in total. The lowest BCUT2D eigenvalue weighted by Crippen LogP contribution is -2.47. The molecule has 1 saturated carbocycles. The summed E-state index contributed by atoms with van der Waals surface area (Å²) in [5, 5.41) is 8.27. The van der Waals surface area contributed by atoms with E-state index in [4.69, 9.17) is 4.52 Å². The maximum absolute atomic E-state index is 5.47. The average Bonchev–Trinajstić information content (AvgIpc) is 3.11. The Morgan fingerprint density at radius 1 is 1.22 bits per heavy atom. The Labute approximate surface area is 135 Å². The molecule has 2 aliphatic rings. The summed E-state index contributed by atoms with van der Waals surface area (Å²) in [7, 11) is 0. The fraction of sp³-hybridized carbons (Fsp3) is 0.733. The van der Waals surface area contributed by atoms with Crippen molar-refractivity contribution in [2.75, 3.05) is 32.7 Å². The molecule has 23 heavy (non-hydrogen) atoms. The monoisotopic (exact) mass is 317 g/mol. The van der Waals surface area contributed by atoms with Crippen LogP contribution in [0.15, 0.2) is 17.2 Å². The van der Waals surface area contributed by atoms with Crippen LogP contribution >= 0.6 is 0 Å². The number of aromatic nitrogens is 5. The first-order chi connectivity index (χ1) is 11.3. The molecule has 3 heterocycles. The lowest BCUT2D eigenvalue weighted by atomic mass is 10.2. The SMILES string of the molecule is C[C@H](c1nc(C2CC2)no1)N1CCN(CCn2cncn2)CC1. The quantitative estimate of drug-likeness (QED) is 0.784. The number of rotatable bonds is 6. The van der Waals surface area contributed by atoms with E-state index in [-0.39, 0.29) is 6.04 Å². The molecule has 1 aliphatic heterocycles. The highest BCUT2D eigenvalue weighted by Crippen LogP contribution is 2.38. The van der Waals surface area contributed by atoms with Gasteiger partial charge in [-0.05, 0) is 19.8 Å². The van der Waals surface area contributed by atoms with Crippen LogP contribution in [0.1, 0.15) is 43.4 Å². The van der Waals surface area contributed by atoms with Gasteiger partial charge in [-0.15, -0.1) is 0 Å². The van der Waals surface area contributed by atoms with Gasteiger partial charge < -0.3 is 4.52 Å². The first-order valence-corrected chi connectivity index (χ1v) is 8.42. The molecule has 0 amide bonds. The van der Waals surface area contributed by atoms with Gasteiger partial charge in [-0.25, -0.2) is 4.98 Å². The Morgan fingerprint density at radius 2 is 2.04 bits per heavy atom. The second-order valence-corrected chi connectivity index (χ2v) is 6.48. The van der Waals surface area contributed by atoms with Crippen LogP contribution in [0.2, 0.25) is 0 Å². The number of nitrogens with zero attached hydrogens (tertiary/aromatic N) is 7. The fourth-order valence-corrected chi connectivity index (χ4v) is 3.05. The zero-order valence-corrected chi connectivity index (χ0v) is 13.5. The molecule has 0 radical (unpaired) electrons. The van der Waals surface area contributed by atoms with Crippen molar-refractivity contribution >= 4 is 0 Å². The smallest absolute Gasteiger partial charge is 0.243 e. The van der Waals surface area contributed by atoms with E-state index in [1.165, 1.54) is 12.8 Å². The van der Waals surface area contributed by atoms with Gasteiger partial charge in [0.1, 0.15) is 12.7 Å². The fourth-order valence-electron chi connectivity index (χ4n) is 3.05. The predicted molar refractivity (Wildman–Crippen MR) is 82.7 cm³/mol. The number of piperazine rings is 1.